The summed E-state index contributed by atoms with van der Waals surface area (Å²) < 4.78 is 57.1. The van der Waals surface area contributed by atoms with Crippen LogP contribution in [0.3, 0.4) is 0 Å². The fraction of sp³-hybridized carbons (Fsp3) is 0.591. The zero-order valence-electron chi connectivity index (χ0n) is 20.4. The smallest absolute Gasteiger partial charge is 0.388 e. The minimum Gasteiger partial charge on any atom is -0.388 e. The Morgan fingerprint density at radius 2 is 1.65 bits per heavy atom. The second-order valence-electron chi connectivity index (χ2n) is 8.03. The van der Waals surface area contributed by atoms with Gasteiger partial charge >= 0.3 is 12.1 Å². The number of ether oxygens (including phenoxy) is 4. The Morgan fingerprint density at radius 1 is 1.03 bits per heavy atom. The van der Waals surface area contributed by atoms with Gasteiger partial charge in [0, 0.05) is 13.7 Å². The minimum absolute atomic E-state index is 0.0183. The first-order valence-electron chi connectivity index (χ1n) is 11.0. The zero-order chi connectivity index (χ0) is 27.6. The molecule has 2 rings (SSSR count). The average Bonchev–Trinajstić information content (AvgIpc) is 3.09. The van der Waals surface area contributed by atoms with Crippen LogP contribution in [0.25, 0.3) is 0 Å². The van der Waals surface area contributed by atoms with Gasteiger partial charge in [-0.3, -0.25) is 14.4 Å². The highest BCUT2D eigenvalue weighted by Crippen LogP contribution is 2.25. The molecule has 1 aliphatic heterocycles. The number of fused-ring (bicyclic) bond motifs is 1. The van der Waals surface area contributed by atoms with Crippen molar-refractivity contribution in [1.82, 2.24) is 10.2 Å². The van der Waals surface area contributed by atoms with Crippen LogP contribution in [-0.4, -0.2) is 98.9 Å². The highest BCUT2D eigenvalue weighted by molar-refractivity contribution is 6.21. The molecule has 0 aromatic heterocycles. The van der Waals surface area contributed by atoms with Crippen molar-refractivity contribution in [2.75, 3.05) is 46.7 Å². The Morgan fingerprint density at radius 3 is 2.22 bits per heavy atom. The van der Waals surface area contributed by atoms with E-state index < -0.39 is 48.8 Å². The lowest BCUT2D eigenvalue weighted by Crippen LogP contribution is -2.43. The standard InChI is InChI=1S/C22H29F3N2O10/c1-21(2,34-11-10-33-9-8-26-19(31)22(23,24)25)35-12-14(28)13-36-37-20(32-3)27-17(29)15-6-4-5-7-16(15)18(27)30/h4-7,14,20,28H,8-13H2,1-3H3,(H,26,31). The number of hydrogen-bond acceptors (Lipinski definition) is 10. The van der Waals surface area contributed by atoms with E-state index in [-0.39, 0.29) is 44.1 Å². The van der Waals surface area contributed by atoms with E-state index in [0.29, 0.717) is 0 Å². The lowest BCUT2D eigenvalue weighted by atomic mass is 10.1. The van der Waals surface area contributed by atoms with Crippen LogP contribution in [0.1, 0.15) is 34.6 Å². The number of aliphatic hydroxyl groups excluding tert-OH is 1. The van der Waals surface area contributed by atoms with Gasteiger partial charge < -0.3 is 29.4 Å². The quantitative estimate of drug-likeness (QED) is 0.103. The van der Waals surface area contributed by atoms with Gasteiger partial charge in [-0.2, -0.15) is 18.1 Å². The van der Waals surface area contributed by atoms with Crippen molar-refractivity contribution in [3.63, 3.8) is 0 Å². The Kier molecular flexibility index (Phi) is 11.4. The van der Waals surface area contributed by atoms with Gasteiger partial charge in [-0.1, -0.05) is 12.1 Å². The van der Waals surface area contributed by atoms with Gasteiger partial charge in [-0.05, 0) is 26.0 Å². The summed E-state index contributed by atoms with van der Waals surface area (Å²) in [6.45, 7) is 2.05. The number of hydrogen-bond donors (Lipinski definition) is 2. The first-order valence-corrected chi connectivity index (χ1v) is 11.0. The van der Waals surface area contributed by atoms with Gasteiger partial charge in [-0.15, -0.1) is 0 Å². The Hall–Kier alpha value is -2.66. The number of nitrogens with one attached hydrogen (secondary N) is 1. The first kappa shape index (κ1) is 30.6. The number of carbonyl (C=O) groups is 3. The summed E-state index contributed by atoms with van der Waals surface area (Å²) >= 11 is 0. The number of carbonyl (C=O) groups excluding carboxylic acids is 3. The molecule has 1 aliphatic rings. The van der Waals surface area contributed by atoms with E-state index in [1.165, 1.54) is 19.2 Å². The van der Waals surface area contributed by atoms with Gasteiger partial charge in [0.25, 0.3) is 18.2 Å². The van der Waals surface area contributed by atoms with Gasteiger partial charge in [0.1, 0.15) is 12.7 Å². The van der Waals surface area contributed by atoms with E-state index in [1.807, 2.05) is 0 Å². The number of aliphatic hydroxyl groups is 1. The molecule has 3 amide bonds. The van der Waals surface area contributed by atoms with Crippen molar-refractivity contribution < 1.29 is 61.4 Å². The predicted molar refractivity (Wildman–Crippen MR) is 117 cm³/mol. The molecule has 12 nitrogen and oxygen atoms in total. The number of methoxy groups -OCH3 is 1. The van der Waals surface area contributed by atoms with Crippen LogP contribution in [-0.2, 0) is 33.5 Å². The van der Waals surface area contributed by atoms with Crippen LogP contribution < -0.4 is 5.32 Å². The van der Waals surface area contributed by atoms with E-state index in [2.05, 4.69) is 0 Å². The fourth-order valence-electron chi connectivity index (χ4n) is 2.94. The van der Waals surface area contributed by atoms with Crippen molar-refractivity contribution in [3.05, 3.63) is 35.4 Å². The third kappa shape index (κ3) is 9.30. The molecule has 2 atom stereocenters. The number of benzene rings is 1. The molecule has 0 spiro atoms. The van der Waals surface area contributed by atoms with Crippen LogP contribution in [0.15, 0.2) is 24.3 Å². The molecular formula is C22H29F3N2O10. The molecule has 0 saturated heterocycles. The number of nitrogens with zero attached hydrogens (tertiary/aromatic N) is 1. The van der Waals surface area contributed by atoms with E-state index in [1.54, 1.807) is 31.3 Å². The molecule has 208 valence electrons. The minimum atomic E-state index is -4.95. The highest BCUT2D eigenvalue weighted by atomic mass is 19.4. The number of amides is 3. The molecule has 15 heteroatoms. The van der Waals surface area contributed by atoms with E-state index in [9.17, 15) is 32.7 Å². The normalized spacial score (nSPS) is 15.6. The maximum atomic E-state index is 12.5. The number of halogens is 3. The van der Waals surface area contributed by atoms with Crippen molar-refractivity contribution in [1.29, 1.82) is 0 Å². The van der Waals surface area contributed by atoms with Crippen LogP contribution in [0.5, 0.6) is 0 Å². The van der Waals surface area contributed by atoms with Gasteiger partial charge in [-0.25, -0.2) is 9.79 Å². The number of imide groups is 1. The third-order valence-electron chi connectivity index (χ3n) is 4.74. The maximum absolute atomic E-state index is 12.5. The summed E-state index contributed by atoms with van der Waals surface area (Å²) in [5.74, 6) is -4.44. The molecule has 0 aliphatic carbocycles. The summed E-state index contributed by atoms with van der Waals surface area (Å²) in [4.78, 5) is 46.3. The Bertz CT molecular complexity index is 893. The zero-order valence-corrected chi connectivity index (χ0v) is 20.4. The molecule has 1 aromatic carbocycles. The molecule has 0 fully saturated rings. The monoisotopic (exact) mass is 538 g/mol. The molecule has 2 N–H and O–H groups in total. The average molecular weight is 538 g/mol. The summed E-state index contributed by atoms with van der Waals surface area (Å²) in [6.07, 6.45) is -7.62. The van der Waals surface area contributed by atoms with Crippen LogP contribution in [0.2, 0.25) is 0 Å². The van der Waals surface area contributed by atoms with Crippen molar-refractivity contribution in [2.45, 2.75) is 38.3 Å². The molecule has 0 bridgehead atoms. The molecular weight excluding hydrogens is 509 g/mol. The van der Waals surface area contributed by atoms with Crippen LogP contribution in [0.4, 0.5) is 13.2 Å². The molecule has 2 unspecified atom stereocenters. The van der Waals surface area contributed by atoms with E-state index >= 15 is 0 Å². The Labute approximate surface area is 210 Å². The van der Waals surface area contributed by atoms with Crippen LogP contribution >= 0.6 is 0 Å². The first-order chi connectivity index (χ1) is 17.4. The molecule has 0 radical (unpaired) electrons. The largest absolute Gasteiger partial charge is 0.471 e. The van der Waals surface area contributed by atoms with Crippen molar-refractivity contribution in [2.24, 2.45) is 0 Å². The summed E-state index contributed by atoms with van der Waals surface area (Å²) in [5.41, 5.74) is 0.403. The highest BCUT2D eigenvalue weighted by Gasteiger charge is 2.41. The third-order valence-corrected chi connectivity index (χ3v) is 4.74. The predicted octanol–water partition coefficient (Wildman–Crippen LogP) is 0.986. The van der Waals surface area contributed by atoms with Crippen molar-refractivity contribution >= 4 is 17.7 Å². The molecule has 1 aromatic rings. The van der Waals surface area contributed by atoms with Gasteiger partial charge in [0.2, 0.25) is 0 Å². The Balaban J connectivity index is 1.62. The second kappa shape index (κ2) is 13.8. The summed E-state index contributed by atoms with van der Waals surface area (Å²) in [7, 11) is 1.21. The second-order valence-corrected chi connectivity index (χ2v) is 8.03. The van der Waals surface area contributed by atoms with Crippen LogP contribution in [0, 0.1) is 0 Å². The number of alkyl halides is 3. The van der Waals surface area contributed by atoms with Crippen molar-refractivity contribution in [3.8, 4) is 0 Å². The molecule has 37 heavy (non-hydrogen) atoms. The topological polar surface area (TPSA) is 142 Å². The lowest BCUT2D eigenvalue weighted by molar-refractivity contribution is -0.402. The lowest BCUT2D eigenvalue weighted by Gasteiger charge is -2.27. The molecule has 0 saturated carbocycles. The summed E-state index contributed by atoms with van der Waals surface area (Å²) in [6, 6.07) is 6.23. The SMILES string of the molecule is COC(OOCC(O)COC(C)(C)OCCOCCNC(=O)C(F)(F)F)N1C(=O)c2ccccc2C1=O. The summed E-state index contributed by atoms with van der Waals surface area (Å²) in [5, 5.41) is 11.7. The van der Waals surface area contributed by atoms with Gasteiger partial charge in [0.05, 0.1) is 37.6 Å². The fourth-order valence-corrected chi connectivity index (χ4v) is 2.94. The van der Waals surface area contributed by atoms with Gasteiger partial charge in [0.15, 0.2) is 5.79 Å². The maximum Gasteiger partial charge on any atom is 0.471 e. The van der Waals surface area contributed by atoms with E-state index in [4.69, 9.17) is 28.7 Å². The molecule has 1 heterocycles. The van der Waals surface area contributed by atoms with E-state index in [0.717, 1.165) is 4.90 Å². The number of rotatable bonds is 16.